The molecule has 4 rings (SSSR count). The minimum absolute atomic E-state index is 0.110. The van der Waals surface area contributed by atoms with Crippen LogP contribution in [0.5, 0.6) is 0 Å². The highest BCUT2D eigenvalue weighted by Crippen LogP contribution is 2.34. The van der Waals surface area contributed by atoms with E-state index in [1.807, 2.05) is 0 Å². The lowest BCUT2D eigenvalue weighted by molar-refractivity contribution is -0.141. The van der Waals surface area contributed by atoms with Crippen molar-refractivity contribution >= 4 is 33.7 Å². The Kier molecular flexibility index (Phi) is 5.26. The van der Waals surface area contributed by atoms with Gasteiger partial charge in [-0.1, -0.05) is 6.07 Å². The molecular weight excluding hydrogens is 423 g/mol. The van der Waals surface area contributed by atoms with Crippen LogP contribution in [-0.4, -0.2) is 38.8 Å². The van der Waals surface area contributed by atoms with Crippen LogP contribution < -0.4 is 5.73 Å². The number of nitrogen functional groups attached to an aromatic ring is 1. The number of rotatable bonds is 3. The van der Waals surface area contributed by atoms with Gasteiger partial charge in [-0.25, -0.2) is 15.0 Å². The third kappa shape index (κ3) is 4.25. The van der Waals surface area contributed by atoms with E-state index in [2.05, 4.69) is 15.0 Å². The van der Waals surface area contributed by atoms with Gasteiger partial charge in [0.25, 0.3) is 5.91 Å². The summed E-state index contributed by atoms with van der Waals surface area (Å²) >= 11 is 2.48. The average Bonchev–Trinajstić information content (AvgIpc) is 3.38. The molecule has 6 nitrogen and oxygen atoms in total. The van der Waals surface area contributed by atoms with Crippen molar-refractivity contribution in [3.05, 3.63) is 46.2 Å². The second-order valence-corrected chi connectivity index (χ2v) is 8.47. The molecule has 1 saturated heterocycles. The van der Waals surface area contributed by atoms with Gasteiger partial charge in [-0.05, 0) is 30.4 Å². The second-order valence-electron chi connectivity index (χ2n) is 6.63. The van der Waals surface area contributed by atoms with E-state index in [1.165, 1.54) is 22.7 Å². The Morgan fingerprint density at radius 3 is 2.72 bits per heavy atom. The maximum atomic E-state index is 13.4. The number of likely N-dealkylation sites (tertiary alicyclic amines) is 1. The Balaban J connectivity index is 1.64. The Bertz CT molecular complexity index is 1020. The summed E-state index contributed by atoms with van der Waals surface area (Å²) < 4.78 is 40.2. The van der Waals surface area contributed by atoms with Gasteiger partial charge in [-0.15, -0.1) is 22.7 Å². The van der Waals surface area contributed by atoms with Crippen molar-refractivity contribution < 1.29 is 18.0 Å². The van der Waals surface area contributed by atoms with Crippen molar-refractivity contribution in [3.63, 3.8) is 0 Å². The number of hydrogen-bond donors (Lipinski definition) is 1. The molecule has 3 aromatic rings. The number of aromatic nitrogens is 3. The van der Waals surface area contributed by atoms with E-state index in [-0.39, 0.29) is 35.6 Å². The first-order valence-electron chi connectivity index (χ1n) is 8.81. The fourth-order valence-corrected chi connectivity index (χ4v) is 4.49. The number of thiazole rings is 1. The maximum Gasteiger partial charge on any atom is 0.433 e. The number of carbonyl (C=O) groups excluding carboxylic acids is 1. The van der Waals surface area contributed by atoms with Crippen LogP contribution in [0.3, 0.4) is 0 Å². The van der Waals surface area contributed by atoms with Crippen LogP contribution in [0.15, 0.2) is 29.0 Å². The molecule has 1 fully saturated rings. The third-order valence-electron chi connectivity index (χ3n) is 4.62. The van der Waals surface area contributed by atoms with Crippen molar-refractivity contribution in [3.8, 4) is 10.6 Å². The minimum atomic E-state index is -4.58. The number of thiophene rings is 1. The van der Waals surface area contributed by atoms with E-state index < -0.39 is 11.9 Å². The molecule has 1 aliphatic rings. The van der Waals surface area contributed by atoms with Gasteiger partial charge in [0.15, 0.2) is 5.13 Å². The Hall–Kier alpha value is -2.53. The summed E-state index contributed by atoms with van der Waals surface area (Å²) in [5.74, 6) is -0.559. The van der Waals surface area contributed by atoms with Gasteiger partial charge in [0.05, 0.1) is 10.6 Å². The molecule has 29 heavy (non-hydrogen) atoms. The van der Waals surface area contributed by atoms with Crippen molar-refractivity contribution in [1.29, 1.82) is 0 Å². The molecule has 11 heteroatoms. The molecule has 0 saturated carbocycles. The standard InChI is InChI=1S/C18H16F3N5OS2/c19-18(20,21)14-7-11(13-4-2-6-28-13)23-15(25-14)10-3-1-5-26(8-10)16(27)12-9-29-17(22)24-12/h2,4,6-7,9-10H,1,3,5,8H2,(H2,22,24)/t10-/m1/s1. The predicted molar refractivity (Wildman–Crippen MR) is 105 cm³/mol. The van der Waals surface area contributed by atoms with Crippen molar-refractivity contribution in [2.75, 3.05) is 18.8 Å². The van der Waals surface area contributed by atoms with Gasteiger partial charge in [-0.3, -0.25) is 4.79 Å². The number of halogens is 3. The van der Waals surface area contributed by atoms with Crippen LogP contribution in [-0.2, 0) is 6.18 Å². The summed E-state index contributed by atoms with van der Waals surface area (Å²) in [7, 11) is 0. The zero-order valence-corrected chi connectivity index (χ0v) is 16.7. The van der Waals surface area contributed by atoms with Crippen molar-refractivity contribution in [2.24, 2.45) is 0 Å². The molecule has 0 spiro atoms. The summed E-state index contributed by atoms with van der Waals surface area (Å²) in [6.07, 6.45) is -3.33. The van der Waals surface area contributed by atoms with Gasteiger partial charge < -0.3 is 10.6 Å². The molecule has 2 N–H and O–H groups in total. The van der Waals surface area contributed by atoms with Crippen molar-refractivity contribution in [2.45, 2.75) is 24.9 Å². The number of amides is 1. The first-order valence-corrected chi connectivity index (χ1v) is 10.6. The van der Waals surface area contributed by atoms with Gasteiger partial charge in [-0.2, -0.15) is 13.2 Å². The monoisotopic (exact) mass is 439 g/mol. The molecule has 0 unspecified atom stereocenters. The van der Waals surface area contributed by atoms with E-state index >= 15 is 0 Å². The van der Waals surface area contributed by atoms with Crippen molar-refractivity contribution in [1.82, 2.24) is 19.9 Å². The maximum absolute atomic E-state index is 13.4. The lowest BCUT2D eigenvalue weighted by atomic mass is 9.96. The first kappa shape index (κ1) is 19.8. The summed E-state index contributed by atoms with van der Waals surface area (Å²) in [5, 5.41) is 3.66. The summed E-state index contributed by atoms with van der Waals surface area (Å²) in [4.78, 5) is 27.1. The van der Waals surface area contributed by atoms with Crippen LogP contribution in [0.1, 0.15) is 40.8 Å². The first-order chi connectivity index (χ1) is 13.8. The molecule has 152 valence electrons. The number of piperidine rings is 1. The molecule has 0 radical (unpaired) electrons. The molecule has 0 aliphatic carbocycles. The lowest BCUT2D eigenvalue weighted by Crippen LogP contribution is -2.39. The van der Waals surface area contributed by atoms with Crippen LogP contribution in [0.25, 0.3) is 10.6 Å². The van der Waals surface area contributed by atoms with Crippen LogP contribution in [0, 0.1) is 0 Å². The molecule has 4 heterocycles. The largest absolute Gasteiger partial charge is 0.433 e. The van der Waals surface area contributed by atoms with Gasteiger partial charge in [0, 0.05) is 24.4 Å². The summed E-state index contributed by atoms with van der Waals surface area (Å²) in [5.41, 5.74) is 5.12. The number of anilines is 1. The smallest absolute Gasteiger partial charge is 0.375 e. The van der Waals surface area contributed by atoms with Gasteiger partial charge in [0.2, 0.25) is 0 Å². The fraction of sp³-hybridized carbons (Fsp3) is 0.333. The number of nitrogens with zero attached hydrogens (tertiary/aromatic N) is 4. The molecule has 0 bridgehead atoms. The normalized spacial score (nSPS) is 17.5. The zero-order chi connectivity index (χ0) is 20.6. The van der Waals surface area contributed by atoms with Crippen LogP contribution in [0.2, 0.25) is 0 Å². The minimum Gasteiger partial charge on any atom is -0.375 e. The van der Waals surface area contributed by atoms with Gasteiger partial charge >= 0.3 is 6.18 Å². The molecular formula is C18H16F3N5OS2. The van der Waals surface area contributed by atoms with E-state index in [4.69, 9.17) is 5.73 Å². The Morgan fingerprint density at radius 1 is 1.24 bits per heavy atom. The highest BCUT2D eigenvalue weighted by atomic mass is 32.1. The molecule has 1 atom stereocenters. The third-order valence-corrected chi connectivity index (χ3v) is 6.19. The zero-order valence-electron chi connectivity index (χ0n) is 15.0. The highest BCUT2D eigenvalue weighted by molar-refractivity contribution is 7.13. The summed E-state index contributed by atoms with van der Waals surface area (Å²) in [6, 6.07) is 4.45. The van der Waals surface area contributed by atoms with E-state index in [0.717, 1.165) is 6.07 Å². The van der Waals surface area contributed by atoms with Crippen LogP contribution in [0.4, 0.5) is 18.3 Å². The molecule has 3 aromatic heterocycles. The lowest BCUT2D eigenvalue weighted by Gasteiger charge is -2.31. The SMILES string of the molecule is Nc1nc(C(=O)N2CCC[C@@H](c3nc(-c4cccs4)cc(C(F)(F)F)n3)C2)cs1. The van der Waals surface area contributed by atoms with Crippen LogP contribution >= 0.6 is 22.7 Å². The fourth-order valence-electron chi connectivity index (χ4n) is 3.26. The van der Waals surface area contributed by atoms with E-state index in [0.29, 0.717) is 29.4 Å². The number of alkyl halides is 3. The van der Waals surface area contributed by atoms with E-state index in [1.54, 1.807) is 27.8 Å². The Morgan fingerprint density at radius 2 is 2.07 bits per heavy atom. The predicted octanol–water partition coefficient (Wildman–Crippen LogP) is 4.28. The quantitative estimate of drug-likeness (QED) is 0.658. The van der Waals surface area contributed by atoms with E-state index in [9.17, 15) is 18.0 Å². The number of carbonyl (C=O) groups is 1. The molecule has 1 amide bonds. The number of nitrogens with two attached hydrogens (primary N) is 1. The highest BCUT2D eigenvalue weighted by Gasteiger charge is 2.36. The molecule has 1 aliphatic heterocycles. The van der Waals surface area contributed by atoms with Gasteiger partial charge in [0.1, 0.15) is 17.2 Å². The topological polar surface area (TPSA) is 85.0 Å². The second kappa shape index (κ2) is 7.71. The average molecular weight is 439 g/mol. The molecule has 0 aromatic carbocycles. The Labute approximate surface area is 172 Å². The summed E-state index contributed by atoms with van der Waals surface area (Å²) in [6.45, 7) is 0.741. The number of hydrogen-bond acceptors (Lipinski definition) is 7.